The molecule has 4 rings (SSSR count). The van der Waals surface area contributed by atoms with E-state index in [9.17, 15) is 0 Å². The van der Waals surface area contributed by atoms with Crippen molar-refractivity contribution < 1.29 is 9.47 Å². The van der Waals surface area contributed by atoms with Crippen molar-refractivity contribution in [3.05, 3.63) is 53.1 Å². The number of hydrogen-bond acceptors (Lipinski definition) is 4. The maximum Gasteiger partial charge on any atom is 0.142 e. The first-order valence-corrected chi connectivity index (χ1v) is 10.5. The Labute approximate surface area is 173 Å². The Morgan fingerprint density at radius 2 is 1.93 bits per heavy atom. The normalized spacial score (nSPS) is 20.5. The van der Waals surface area contributed by atoms with E-state index in [1.165, 1.54) is 24.1 Å². The van der Waals surface area contributed by atoms with Gasteiger partial charge in [0.25, 0.3) is 0 Å². The SMILES string of the molecule is COc1ccc(Cl)c(CC2CCN(CC3COc4ccccc4N3C)CC2)c1. The Bertz CT molecular complexity index is 805. The molecule has 0 spiro atoms. The second kappa shape index (κ2) is 8.62. The predicted molar refractivity (Wildman–Crippen MR) is 115 cm³/mol. The van der Waals surface area contributed by atoms with Gasteiger partial charge in [-0.05, 0) is 74.2 Å². The zero-order chi connectivity index (χ0) is 19.5. The van der Waals surface area contributed by atoms with Gasteiger partial charge in [-0.1, -0.05) is 23.7 Å². The molecular formula is C23H29ClN2O2. The number of piperidine rings is 1. The first-order chi connectivity index (χ1) is 13.6. The molecule has 0 saturated carbocycles. The zero-order valence-electron chi connectivity index (χ0n) is 16.7. The maximum absolute atomic E-state index is 6.40. The van der Waals surface area contributed by atoms with Crippen molar-refractivity contribution in [3.63, 3.8) is 0 Å². The largest absolute Gasteiger partial charge is 0.497 e. The lowest BCUT2D eigenvalue weighted by atomic mass is 9.90. The van der Waals surface area contributed by atoms with E-state index in [2.05, 4.69) is 41.1 Å². The number of halogens is 1. The topological polar surface area (TPSA) is 24.9 Å². The minimum Gasteiger partial charge on any atom is -0.497 e. The first kappa shape index (κ1) is 19.4. The fourth-order valence-electron chi connectivity index (χ4n) is 4.36. The van der Waals surface area contributed by atoms with Crippen molar-refractivity contribution in [1.29, 1.82) is 0 Å². The van der Waals surface area contributed by atoms with Gasteiger partial charge in [0.2, 0.25) is 0 Å². The summed E-state index contributed by atoms with van der Waals surface area (Å²) in [5, 5.41) is 0.850. The van der Waals surface area contributed by atoms with Gasteiger partial charge in [-0.25, -0.2) is 0 Å². The zero-order valence-corrected chi connectivity index (χ0v) is 17.5. The van der Waals surface area contributed by atoms with Crippen molar-refractivity contribution in [2.75, 3.05) is 45.3 Å². The molecule has 0 aliphatic carbocycles. The molecule has 1 saturated heterocycles. The molecule has 0 bridgehead atoms. The van der Waals surface area contributed by atoms with Crippen LogP contribution in [0, 0.1) is 5.92 Å². The van der Waals surface area contributed by atoms with Crippen LogP contribution < -0.4 is 14.4 Å². The maximum atomic E-state index is 6.40. The third-order valence-electron chi connectivity index (χ3n) is 6.16. The molecule has 4 nitrogen and oxygen atoms in total. The molecule has 2 aliphatic rings. The minimum atomic E-state index is 0.402. The number of methoxy groups -OCH3 is 1. The molecule has 2 aromatic carbocycles. The highest BCUT2D eigenvalue weighted by atomic mass is 35.5. The number of likely N-dealkylation sites (N-methyl/N-ethyl adjacent to an activating group) is 1. The number of hydrogen-bond donors (Lipinski definition) is 0. The summed E-state index contributed by atoms with van der Waals surface area (Å²) in [4.78, 5) is 4.96. The lowest BCUT2D eigenvalue weighted by molar-refractivity contribution is 0.152. The fourth-order valence-corrected chi connectivity index (χ4v) is 4.55. The molecule has 0 aromatic heterocycles. The molecule has 2 aliphatic heterocycles. The Kier molecular flexibility index (Phi) is 5.98. The van der Waals surface area contributed by atoms with Crippen LogP contribution in [0.2, 0.25) is 5.02 Å². The summed E-state index contributed by atoms with van der Waals surface area (Å²) in [6.45, 7) is 4.08. The van der Waals surface area contributed by atoms with Crippen LogP contribution in [0.3, 0.4) is 0 Å². The monoisotopic (exact) mass is 400 g/mol. The number of benzene rings is 2. The molecule has 1 fully saturated rings. The number of para-hydroxylation sites is 2. The van der Waals surface area contributed by atoms with E-state index in [0.717, 1.165) is 49.2 Å². The molecule has 0 amide bonds. The third-order valence-corrected chi connectivity index (χ3v) is 6.53. The summed E-state index contributed by atoms with van der Waals surface area (Å²) in [5.74, 6) is 2.56. The summed E-state index contributed by atoms with van der Waals surface area (Å²) in [5.41, 5.74) is 2.40. The number of anilines is 1. The van der Waals surface area contributed by atoms with Crippen LogP contribution in [0.5, 0.6) is 11.5 Å². The van der Waals surface area contributed by atoms with E-state index < -0.39 is 0 Å². The van der Waals surface area contributed by atoms with Gasteiger partial charge in [0.1, 0.15) is 18.1 Å². The van der Waals surface area contributed by atoms with Crippen LogP contribution in [0.4, 0.5) is 5.69 Å². The average molecular weight is 401 g/mol. The first-order valence-electron chi connectivity index (χ1n) is 10.1. The van der Waals surface area contributed by atoms with Crippen LogP contribution >= 0.6 is 11.6 Å². The molecule has 0 radical (unpaired) electrons. The highest BCUT2D eigenvalue weighted by Gasteiger charge is 2.28. The Morgan fingerprint density at radius 3 is 2.71 bits per heavy atom. The summed E-state index contributed by atoms with van der Waals surface area (Å²) < 4.78 is 11.3. The van der Waals surface area contributed by atoms with Gasteiger partial charge in [0.05, 0.1) is 18.8 Å². The van der Waals surface area contributed by atoms with Gasteiger partial charge < -0.3 is 19.3 Å². The van der Waals surface area contributed by atoms with Gasteiger partial charge in [-0.2, -0.15) is 0 Å². The molecule has 2 aromatic rings. The molecule has 1 unspecified atom stereocenters. The average Bonchev–Trinajstić information content (AvgIpc) is 2.73. The highest BCUT2D eigenvalue weighted by molar-refractivity contribution is 6.31. The molecule has 0 N–H and O–H groups in total. The lowest BCUT2D eigenvalue weighted by Crippen LogP contribution is -2.49. The van der Waals surface area contributed by atoms with E-state index in [1.54, 1.807) is 7.11 Å². The van der Waals surface area contributed by atoms with Crippen molar-refractivity contribution in [2.24, 2.45) is 5.92 Å². The molecule has 1 atom stereocenters. The Morgan fingerprint density at radius 1 is 1.14 bits per heavy atom. The quantitative estimate of drug-likeness (QED) is 0.737. The highest BCUT2D eigenvalue weighted by Crippen LogP contribution is 2.33. The summed E-state index contributed by atoms with van der Waals surface area (Å²) in [6.07, 6.45) is 3.45. The van der Waals surface area contributed by atoms with Crippen LogP contribution in [0.25, 0.3) is 0 Å². The van der Waals surface area contributed by atoms with Crippen LogP contribution in [0.15, 0.2) is 42.5 Å². The van der Waals surface area contributed by atoms with Gasteiger partial charge >= 0.3 is 0 Å². The Hall–Kier alpha value is -1.91. The van der Waals surface area contributed by atoms with Gasteiger partial charge in [0.15, 0.2) is 0 Å². The molecular weight excluding hydrogens is 372 g/mol. The van der Waals surface area contributed by atoms with E-state index in [0.29, 0.717) is 12.0 Å². The van der Waals surface area contributed by atoms with E-state index in [-0.39, 0.29) is 0 Å². The van der Waals surface area contributed by atoms with Crippen molar-refractivity contribution in [2.45, 2.75) is 25.3 Å². The summed E-state index contributed by atoms with van der Waals surface area (Å²) in [7, 11) is 3.89. The van der Waals surface area contributed by atoms with Crippen LogP contribution in [-0.2, 0) is 6.42 Å². The van der Waals surface area contributed by atoms with E-state index in [4.69, 9.17) is 21.1 Å². The minimum absolute atomic E-state index is 0.402. The van der Waals surface area contributed by atoms with Crippen LogP contribution in [0.1, 0.15) is 18.4 Å². The second-order valence-electron chi connectivity index (χ2n) is 7.95. The smallest absolute Gasteiger partial charge is 0.142 e. The van der Waals surface area contributed by atoms with Crippen LogP contribution in [-0.4, -0.2) is 51.3 Å². The third kappa shape index (κ3) is 4.23. The molecule has 150 valence electrons. The van der Waals surface area contributed by atoms with Gasteiger partial charge in [-0.3, -0.25) is 0 Å². The number of ether oxygens (including phenoxy) is 2. The fraction of sp³-hybridized carbons (Fsp3) is 0.478. The number of nitrogens with zero attached hydrogens (tertiary/aromatic N) is 2. The number of fused-ring (bicyclic) bond motifs is 1. The molecule has 5 heteroatoms. The van der Waals surface area contributed by atoms with Crippen molar-refractivity contribution >= 4 is 17.3 Å². The van der Waals surface area contributed by atoms with Gasteiger partial charge in [0, 0.05) is 18.6 Å². The molecule has 28 heavy (non-hydrogen) atoms. The predicted octanol–water partition coefficient (Wildman–Crippen LogP) is 4.50. The second-order valence-corrected chi connectivity index (χ2v) is 8.36. The lowest BCUT2D eigenvalue weighted by Gasteiger charge is -2.40. The summed E-state index contributed by atoms with van der Waals surface area (Å²) >= 11 is 6.40. The standard InChI is InChI=1S/C23H29ClN2O2/c1-25-19(16-28-23-6-4-3-5-22(23)25)15-26-11-9-17(10-12-26)13-18-14-20(27-2)7-8-21(18)24/h3-8,14,17,19H,9-13,15-16H2,1-2H3. The van der Waals surface area contributed by atoms with Gasteiger partial charge in [-0.15, -0.1) is 0 Å². The van der Waals surface area contributed by atoms with Crippen molar-refractivity contribution in [1.82, 2.24) is 4.90 Å². The number of rotatable bonds is 5. The van der Waals surface area contributed by atoms with Crippen molar-refractivity contribution in [3.8, 4) is 11.5 Å². The number of likely N-dealkylation sites (tertiary alicyclic amines) is 1. The Balaban J connectivity index is 1.30. The molecule has 2 heterocycles. The van der Waals surface area contributed by atoms with E-state index in [1.807, 2.05) is 18.2 Å². The van der Waals surface area contributed by atoms with E-state index >= 15 is 0 Å². The summed E-state index contributed by atoms with van der Waals surface area (Å²) in [6, 6.07) is 14.7.